The van der Waals surface area contributed by atoms with Crippen LogP contribution in [0.3, 0.4) is 0 Å². The van der Waals surface area contributed by atoms with Crippen LogP contribution in [0, 0.1) is 28.6 Å². The molecule has 0 aromatic heterocycles. The first-order chi connectivity index (χ1) is 20.7. The summed E-state index contributed by atoms with van der Waals surface area (Å²) in [6.45, 7) is 6.72. The number of carbonyl (C=O) groups is 4. The van der Waals surface area contributed by atoms with Crippen molar-refractivity contribution >= 4 is 24.2 Å². The van der Waals surface area contributed by atoms with E-state index in [0.29, 0.717) is 44.9 Å². The molecule has 0 radical (unpaired) electrons. The van der Waals surface area contributed by atoms with Crippen molar-refractivity contribution in [2.24, 2.45) is 28.6 Å². The Morgan fingerprint density at radius 1 is 1.00 bits per heavy atom. The zero-order valence-electron chi connectivity index (χ0n) is 26.1. The number of rotatable bonds is 6. The molecular weight excluding hydrogens is 572 g/mol. The Morgan fingerprint density at radius 3 is 2.39 bits per heavy atom. The molecule has 5 fully saturated rings. The number of carbonyl (C=O) groups excluding carboxylic acids is 4. The number of cyclic esters (lactones) is 1. The molecule has 0 spiro atoms. The lowest BCUT2D eigenvalue weighted by atomic mass is 9.41. The van der Waals surface area contributed by atoms with Crippen LogP contribution in [0.1, 0.15) is 91.9 Å². The maximum atomic E-state index is 13.1. The molecule has 11 nitrogen and oxygen atoms in total. The Balaban J connectivity index is 1.18. The monoisotopic (exact) mass is 618 g/mol. The first-order valence-electron chi connectivity index (χ1n) is 16.2. The van der Waals surface area contributed by atoms with Gasteiger partial charge in [-0.05, 0) is 81.6 Å². The van der Waals surface area contributed by atoms with E-state index >= 15 is 0 Å². The Labute approximate surface area is 257 Å². The van der Waals surface area contributed by atoms with E-state index in [4.69, 9.17) is 23.7 Å². The molecule has 11 heteroatoms. The van der Waals surface area contributed by atoms with E-state index in [1.807, 2.05) is 0 Å². The van der Waals surface area contributed by atoms with Gasteiger partial charge in [0.2, 0.25) is 0 Å². The smallest absolute Gasteiger partial charge is 0.331 e. The zero-order chi connectivity index (χ0) is 31.7. The molecule has 6 rings (SSSR count). The van der Waals surface area contributed by atoms with Crippen molar-refractivity contribution < 1.29 is 53.1 Å². The maximum absolute atomic E-state index is 13.1. The summed E-state index contributed by atoms with van der Waals surface area (Å²) in [7, 11) is 0. The van der Waals surface area contributed by atoms with Gasteiger partial charge >= 0.3 is 17.9 Å². The highest BCUT2D eigenvalue weighted by Crippen LogP contribution is 2.70. The Hall–Kier alpha value is -2.34. The molecule has 4 unspecified atom stereocenters. The van der Waals surface area contributed by atoms with Gasteiger partial charge in [0.1, 0.15) is 19.0 Å². The van der Waals surface area contributed by atoms with Crippen LogP contribution < -0.4 is 0 Å². The summed E-state index contributed by atoms with van der Waals surface area (Å²) < 4.78 is 28.5. The van der Waals surface area contributed by atoms with Gasteiger partial charge in [-0.3, -0.25) is 9.59 Å². The molecule has 2 aliphatic heterocycles. The van der Waals surface area contributed by atoms with Gasteiger partial charge in [0.15, 0.2) is 12.4 Å². The first kappa shape index (κ1) is 31.6. The van der Waals surface area contributed by atoms with Crippen LogP contribution in [0.15, 0.2) is 11.6 Å². The van der Waals surface area contributed by atoms with Crippen LogP contribution in [0.4, 0.5) is 0 Å². The molecule has 0 aromatic rings. The highest BCUT2D eigenvalue weighted by Gasteiger charge is 2.71. The molecule has 44 heavy (non-hydrogen) atoms. The average Bonchev–Trinajstić information content (AvgIpc) is 3.49. The van der Waals surface area contributed by atoms with Crippen molar-refractivity contribution in [3.05, 3.63) is 11.6 Å². The van der Waals surface area contributed by atoms with E-state index in [1.54, 1.807) is 13.0 Å². The number of fused-ring (bicyclic) bond motifs is 5. The second-order valence-corrected chi connectivity index (χ2v) is 14.5. The summed E-state index contributed by atoms with van der Waals surface area (Å²) in [4.78, 5) is 48.4. The molecule has 2 heterocycles. The summed E-state index contributed by atoms with van der Waals surface area (Å²) in [6, 6.07) is 0. The number of aldehydes is 1. The number of hydrogen-bond donors (Lipinski definition) is 2. The van der Waals surface area contributed by atoms with E-state index in [0.717, 1.165) is 18.3 Å². The molecule has 1 saturated heterocycles. The second kappa shape index (κ2) is 11.2. The quantitative estimate of drug-likeness (QED) is 0.195. The Morgan fingerprint density at radius 2 is 1.73 bits per heavy atom. The fourth-order valence-corrected chi connectivity index (χ4v) is 10.4. The molecule has 4 saturated carbocycles. The first-order valence-corrected chi connectivity index (χ1v) is 16.2. The minimum absolute atomic E-state index is 0.0474. The van der Waals surface area contributed by atoms with Gasteiger partial charge in [0.05, 0.1) is 28.8 Å². The van der Waals surface area contributed by atoms with Crippen molar-refractivity contribution in [1.82, 2.24) is 0 Å². The lowest BCUT2D eigenvalue weighted by molar-refractivity contribution is -0.288. The fourth-order valence-electron chi connectivity index (χ4n) is 10.4. The number of esters is 3. The summed E-state index contributed by atoms with van der Waals surface area (Å²) in [5, 5.41) is 24.7. The second-order valence-electron chi connectivity index (χ2n) is 14.5. The van der Waals surface area contributed by atoms with E-state index in [2.05, 4.69) is 6.92 Å². The van der Waals surface area contributed by atoms with Crippen molar-refractivity contribution in [2.45, 2.75) is 134 Å². The number of aliphatic hydroxyl groups is 2. The molecule has 12 atom stereocenters. The Bertz CT molecular complexity index is 1230. The lowest BCUT2D eigenvalue weighted by Crippen LogP contribution is -2.69. The van der Waals surface area contributed by atoms with Crippen molar-refractivity contribution in [1.29, 1.82) is 0 Å². The predicted molar refractivity (Wildman–Crippen MR) is 153 cm³/mol. The van der Waals surface area contributed by atoms with Gasteiger partial charge in [0, 0.05) is 38.2 Å². The summed E-state index contributed by atoms with van der Waals surface area (Å²) in [6.07, 6.45) is 4.39. The van der Waals surface area contributed by atoms with Gasteiger partial charge in [-0.1, -0.05) is 6.92 Å². The summed E-state index contributed by atoms with van der Waals surface area (Å²) in [5.41, 5.74) is -2.79. The minimum Gasteiger partial charge on any atom is -0.458 e. The molecular formula is C33H46O11. The fraction of sp³-hybridized carbons (Fsp3) is 0.818. The zero-order valence-corrected chi connectivity index (χ0v) is 26.1. The largest absolute Gasteiger partial charge is 0.458 e. The van der Waals surface area contributed by atoms with E-state index in [1.165, 1.54) is 13.8 Å². The standard InChI is InChI=1S/C33H46O11/c1-18-29(43-20(3)36)26(42-19(2)35)14-28(41-18)44-22-5-10-31(17-34)24-6-9-30(4)23(21-13-27(37)40-16-21)8-12-33(30,39)25(24)7-11-32(31,38)15-22/h13,17-18,22-26,28-29,38-39H,5-12,14-16H2,1-4H3/t18?,22-,23+,24-,25+,26?,28?,29?,30+,31-,32-,33-/m0/s1. The normalized spacial score (nSPS) is 48.2. The molecule has 0 aromatic carbocycles. The van der Waals surface area contributed by atoms with Crippen LogP contribution in [-0.2, 0) is 42.9 Å². The highest BCUT2D eigenvalue weighted by atomic mass is 16.7. The molecule has 2 N–H and O–H groups in total. The van der Waals surface area contributed by atoms with Gasteiger partial charge in [-0.2, -0.15) is 0 Å². The molecule has 0 amide bonds. The lowest BCUT2D eigenvalue weighted by Gasteiger charge is -2.65. The van der Waals surface area contributed by atoms with Crippen molar-refractivity contribution in [2.75, 3.05) is 6.61 Å². The SMILES string of the molecule is CC(=O)OC1CC(O[C@H]2CC[C@]3(C=O)[C@H]4CC[C@]5(C)[C@@H](C6=CC(=O)OC6)CC[C@]5(O)[C@@H]4CC[C@]3(O)C2)OC(C)C1OC(C)=O. The highest BCUT2D eigenvalue weighted by molar-refractivity contribution is 5.85. The Kier molecular flexibility index (Phi) is 8.03. The predicted octanol–water partition coefficient (Wildman–Crippen LogP) is 2.92. The molecule has 244 valence electrons. The van der Waals surface area contributed by atoms with Gasteiger partial charge in [-0.15, -0.1) is 0 Å². The van der Waals surface area contributed by atoms with Crippen LogP contribution >= 0.6 is 0 Å². The van der Waals surface area contributed by atoms with Crippen LogP contribution in [0.5, 0.6) is 0 Å². The van der Waals surface area contributed by atoms with E-state index in [9.17, 15) is 29.4 Å². The average molecular weight is 619 g/mol. The van der Waals surface area contributed by atoms with E-state index < -0.39 is 64.7 Å². The van der Waals surface area contributed by atoms with Gasteiger partial charge in [-0.25, -0.2) is 4.79 Å². The third-order valence-electron chi connectivity index (χ3n) is 12.4. The minimum atomic E-state index is -1.30. The molecule has 6 aliphatic rings. The molecule has 4 aliphatic carbocycles. The van der Waals surface area contributed by atoms with Gasteiger partial charge < -0.3 is 38.7 Å². The summed E-state index contributed by atoms with van der Waals surface area (Å²) in [5.74, 6) is -1.59. The van der Waals surface area contributed by atoms with Crippen LogP contribution in [0.2, 0.25) is 0 Å². The third kappa shape index (κ3) is 4.84. The van der Waals surface area contributed by atoms with Crippen LogP contribution in [0.25, 0.3) is 0 Å². The topological polar surface area (TPSA) is 155 Å². The van der Waals surface area contributed by atoms with E-state index in [-0.39, 0.29) is 43.2 Å². The van der Waals surface area contributed by atoms with Crippen molar-refractivity contribution in [3.63, 3.8) is 0 Å². The maximum Gasteiger partial charge on any atom is 0.331 e. The summed E-state index contributed by atoms with van der Waals surface area (Å²) >= 11 is 0. The third-order valence-corrected chi connectivity index (χ3v) is 12.4. The molecule has 0 bridgehead atoms. The number of ether oxygens (including phenoxy) is 5. The number of hydrogen-bond acceptors (Lipinski definition) is 11. The van der Waals surface area contributed by atoms with Crippen LogP contribution in [-0.4, -0.2) is 82.9 Å². The van der Waals surface area contributed by atoms with Crippen molar-refractivity contribution in [3.8, 4) is 0 Å². The van der Waals surface area contributed by atoms with Gasteiger partial charge in [0.25, 0.3) is 0 Å².